The summed E-state index contributed by atoms with van der Waals surface area (Å²) in [6.45, 7) is 4.08. The summed E-state index contributed by atoms with van der Waals surface area (Å²) in [6.07, 6.45) is 3.70. The van der Waals surface area contributed by atoms with Gasteiger partial charge in [0.1, 0.15) is 0 Å². The number of ether oxygens (including phenoxy) is 1. The van der Waals surface area contributed by atoms with Crippen molar-refractivity contribution in [1.82, 2.24) is 9.80 Å². The number of esters is 1. The summed E-state index contributed by atoms with van der Waals surface area (Å²) in [5.41, 5.74) is 6.76. The van der Waals surface area contributed by atoms with E-state index in [0.29, 0.717) is 44.9 Å². The lowest BCUT2D eigenvalue weighted by Crippen LogP contribution is -2.40. The van der Waals surface area contributed by atoms with Gasteiger partial charge in [-0.15, -0.1) is 0 Å². The zero-order valence-electron chi connectivity index (χ0n) is 14.8. The van der Waals surface area contributed by atoms with Crippen LogP contribution in [-0.4, -0.2) is 60.6 Å². The number of carbonyl (C=O) groups excluding carboxylic acids is 3. The van der Waals surface area contributed by atoms with E-state index in [1.165, 1.54) is 11.0 Å². The van der Waals surface area contributed by atoms with Crippen LogP contribution in [0.4, 0.5) is 15.3 Å². The van der Waals surface area contributed by atoms with Crippen molar-refractivity contribution in [3.8, 4) is 0 Å². The zero-order valence-corrected chi connectivity index (χ0v) is 14.8. The van der Waals surface area contributed by atoms with E-state index >= 15 is 0 Å². The van der Waals surface area contributed by atoms with Crippen LogP contribution in [0.3, 0.4) is 0 Å². The number of nitrogens with one attached hydrogen (secondary N) is 1. The molecule has 8 heteroatoms. The third-order valence-electron chi connectivity index (χ3n) is 3.96. The molecule has 0 saturated carbocycles. The summed E-state index contributed by atoms with van der Waals surface area (Å²) in [7, 11) is 0. The van der Waals surface area contributed by atoms with Gasteiger partial charge in [0.05, 0.1) is 6.61 Å². The molecule has 1 aromatic carbocycles. The lowest BCUT2D eigenvalue weighted by Gasteiger charge is -2.21. The summed E-state index contributed by atoms with van der Waals surface area (Å²) < 4.78 is 4.82. The van der Waals surface area contributed by atoms with Gasteiger partial charge in [-0.25, -0.2) is 14.4 Å². The van der Waals surface area contributed by atoms with E-state index in [2.05, 4.69) is 5.32 Å². The van der Waals surface area contributed by atoms with E-state index in [9.17, 15) is 14.4 Å². The topological polar surface area (TPSA) is 105 Å². The predicted octanol–water partition coefficient (Wildman–Crippen LogP) is 1.88. The molecule has 26 heavy (non-hydrogen) atoms. The van der Waals surface area contributed by atoms with E-state index in [1.807, 2.05) is 0 Å². The quantitative estimate of drug-likeness (QED) is 0.632. The van der Waals surface area contributed by atoms with Crippen LogP contribution in [0.15, 0.2) is 30.3 Å². The molecule has 0 atom stereocenters. The van der Waals surface area contributed by atoms with Crippen LogP contribution in [0.25, 0.3) is 6.08 Å². The maximum atomic E-state index is 12.4. The summed E-state index contributed by atoms with van der Waals surface area (Å²) in [4.78, 5) is 38.1. The second-order valence-corrected chi connectivity index (χ2v) is 5.80. The average molecular weight is 360 g/mol. The molecule has 3 N–H and O–H groups in total. The first-order chi connectivity index (χ1) is 12.5. The Morgan fingerprint density at radius 3 is 2.42 bits per heavy atom. The maximum Gasteiger partial charge on any atom is 0.330 e. The molecule has 1 fully saturated rings. The largest absolute Gasteiger partial charge is 0.463 e. The number of hydrogen-bond acceptors (Lipinski definition) is 4. The number of nitrogens with zero attached hydrogens (tertiary/aromatic N) is 2. The molecule has 1 saturated heterocycles. The van der Waals surface area contributed by atoms with Crippen LogP contribution in [0.1, 0.15) is 18.9 Å². The van der Waals surface area contributed by atoms with Crippen LogP contribution in [0.2, 0.25) is 0 Å². The van der Waals surface area contributed by atoms with Gasteiger partial charge in [-0.05, 0) is 37.1 Å². The number of amides is 4. The SMILES string of the molecule is CCOC(=O)C=Cc1ccc(NC(=O)N2CCCN(C(N)=O)CC2)cc1. The molecule has 0 aliphatic carbocycles. The van der Waals surface area contributed by atoms with Crippen molar-refractivity contribution in [2.45, 2.75) is 13.3 Å². The minimum absolute atomic E-state index is 0.217. The van der Waals surface area contributed by atoms with E-state index in [4.69, 9.17) is 10.5 Å². The molecular formula is C18H24N4O4. The Morgan fingerprint density at radius 1 is 1.12 bits per heavy atom. The lowest BCUT2D eigenvalue weighted by atomic mass is 10.2. The van der Waals surface area contributed by atoms with E-state index < -0.39 is 12.0 Å². The third-order valence-corrected chi connectivity index (χ3v) is 3.96. The Morgan fingerprint density at radius 2 is 1.77 bits per heavy atom. The number of rotatable bonds is 4. The number of nitrogens with two attached hydrogens (primary N) is 1. The summed E-state index contributed by atoms with van der Waals surface area (Å²) >= 11 is 0. The van der Waals surface area contributed by atoms with E-state index in [-0.39, 0.29) is 6.03 Å². The highest BCUT2D eigenvalue weighted by Crippen LogP contribution is 2.13. The second kappa shape index (κ2) is 9.45. The van der Waals surface area contributed by atoms with Crippen LogP contribution in [-0.2, 0) is 9.53 Å². The number of benzene rings is 1. The van der Waals surface area contributed by atoms with E-state index in [1.54, 1.807) is 42.2 Å². The zero-order chi connectivity index (χ0) is 18.9. The minimum atomic E-state index is -0.460. The average Bonchev–Trinajstić information content (AvgIpc) is 2.88. The molecule has 0 spiro atoms. The third kappa shape index (κ3) is 5.80. The summed E-state index contributed by atoms with van der Waals surface area (Å²) in [5, 5.41) is 2.83. The molecule has 1 aromatic rings. The van der Waals surface area contributed by atoms with Gasteiger partial charge in [0.2, 0.25) is 0 Å². The van der Waals surface area contributed by atoms with Crippen molar-refractivity contribution in [3.63, 3.8) is 0 Å². The summed E-state index contributed by atoms with van der Waals surface area (Å²) in [6, 6.07) is 6.43. The number of carbonyl (C=O) groups is 3. The van der Waals surface area contributed by atoms with Crippen molar-refractivity contribution in [2.24, 2.45) is 5.73 Å². The van der Waals surface area contributed by atoms with Gasteiger partial charge in [0, 0.05) is 37.9 Å². The molecule has 0 unspecified atom stereocenters. The number of hydrogen-bond donors (Lipinski definition) is 2. The molecule has 0 aromatic heterocycles. The van der Waals surface area contributed by atoms with Crippen molar-refractivity contribution in [3.05, 3.63) is 35.9 Å². The van der Waals surface area contributed by atoms with Crippen LogP contribution >= 0.6 is 0 Å². The Bertz CT molecular complexity index is 672. The molecule has 4 amide bonds. The molecule has 1 aliphatic rings. The Kier molecular flexibility index (Phi) is 7.02. The molecule has 0 bridgehead atoms. The van der Waals surface area contributed by atoms with Gasteiger partial charge in [-0.2, -0.15) is 0 Å². The van der Waals surface area contributed by atoms with Gasteiger partial charge in [-0.1, -0.05) is 12.1 Å². The maximum absolute atomic E-state index is 12.4. The Hall–Kier alpha value is -3.03. The highest BCUT2D eigenvalue weighted by molar-refractivity contribution is 5.90. The monoisotopic (exact) mass is 360 g/mol. The van der Waals surface area contributed by atoms with Gasteiger partial charge < -0.3 is 25.6 Å². The van der Waals surface area contributed by atoms with Crippen LogP contribution < -0.4 is 11.1 Å². The first-order valence-corrected chi connectivity index (χ1v) is 8.55. The fraction of sp³-hybridized carbons (Fsp3) is 0.389. The number of anilines is 1. The highest BCUT2D eigenvalue weighted by Gasteiger charge is 2.20. The number of primary amides is 1. The molecule has 0 radical (unpaired) electrons. The molecule has 8 nitrogen and oxygen atoms in total. The smallest absolute Gasteiger partial charge is 0.330 e. The lowest BCUT2D eigenvalue weighted by molar-refractivity contribution is -0.137. The Balaban J connectivity index is 1.89. The standard InChI is InChI=1S/C18H24N4O4/c1-2-26-16(23)9-6-14-4-7-15(8-5-14)20-18(25)22-11-3-10-21(12-13-22)17(19)24/h4-9H,2-3,10-13H2,1H3,(H2,19,24)(H,20,25). The second-order valence-electron chi connectivity index (χ2n) is 5.80. The first kappa shape index (κ1) is 19.3. The van der Waals surface area contributed by atoms with Crippen molar-refractivity contribution in [2.75, 3.05) is 38.1 Å². The fourth-order valence-corrected chi connectivity index (χ4v) is 2.58. The molecule has 140 valence electrons. The van der Waals surface area contributed by atoms with Crippen molar-refractivity contribution < 1.29 is 19.1 Å². The van der Waals surface area contributed by atoms with Crippen LogP contribution in [0.5, 0.6) is 0 Å². The van der Waals surface area contributed by atoms with Gasteiger partial charge in [0.15, 0.2) is 0 Å². The minimum Gasteiger partial charge on any atom is -0.463 e. The fourth-order valence-electron chi connectivity index (χ4n) is 2.58. The molecule has 1 aliphatic heterocycles. The van der Waals surface area contributed by atoms with E-state index in [0.717, 1.165) is 5.56 Å². The van der Waals surface area contributed by atoms with Crippen molar-refractivity contribution >= 4 is 29.8 Å². The van der Waals surface area contributed by atoms with Crippen LogP contribution in [0, 0.1) is 0 Å². The first-order valence-electron chi connectivity index (χ1n) is 8.55. The molecule has 1 heterocycles. The van der Waals surface area contributed by atoms with Gasteiger partial charge in [-0.3, -0.25) is 0 Å². The Labute approximate surface area is 152 Å². The number of urea groups is 2. The predicted molar refractivity (Wildman–Crippen MR) is 98.5 cm³/mol. The highest BCUT2D eigenvalue weighted by atomic mass is 16.5. The molecular weight excluding hydrogens is 336 g/mol. The van der Waals surface area contributed by atoms with Gasteiger partial charge in [0.25, 0.3) is 0 Å². The van der Waals surface area contributed by atoms with Gasteiger partial charge >= 0.3 is 18.0 Å². The van der Waals surface area contributed by atoms with Crippen molar-refractivity contribution in [1.29, 1.82) is 0 Å². The summed E-state index contributed by atoms with van der Waals surface area (Å²) in [5.74, 6) is -0.393. The molecule has 2 rings (SSSR count). The normalized spacial score (nSPS) is 14.8.